The Bertz CT molecular complexity index is 1430. The summed E-state index contributed by atoms with van der Waals surface area (Å²) in [5.41, 5.74) is 4.25. The Labute approximate surface area is 222 Å². The van der Waals surface area contributed by atoms with Crippen LogP contribution in [0, 0.1) is 0 Å². The predicted octanol–water partition coefficient (Wildman–Crippen LogP) is 5.52. The van der Waals surface area contributed by atoms with E-state index in [1.165, 1.54) is 5.56 Å². The minimum absolute atomic E-state index is 0.186. The highest BCUT2D eigenvalue weighted by Gasteiger charge is 2.16. The first-order chi connectivity index (χ1) is 17.9. The number of fused-ring (bicyclic) bond motifs is 1. The van der Waals surface area contributed by atoms with Crippen molar-refractivity contribution in [2.45, 2.75) is 26.4 Å². The molecule has 192 valence electrons. The number of thiocarbonyl (C=S) groups is 1. The fourth-order valence-electron chi connectivity index (χ4n) is 4.08. The Kier molecular flexibility index (Phi) is 8.30. The number of nitrogens with one attached hydrogen (secondary N) is 2. The van der Waals surface area contributed by atoms with Crippen molar-refractivity contribution in [3.8, 4) is 17.2 Å². The highest BCUT2D eigenvalue weighted by atomic mass is 32.1. The van der Waals surface area contributed by atoms with Crippen molar-refractivity contribution >= 4 is 33.9 Å². The second-order valence-corrected chi connectivity index (χ2v) is 8.99. The molecule has 0 aliphatic carbocycles. The van der Waals surface area contributed by atoms with Gasteiger partial charge in [-0.3, -0.25) is 4.79 Å². The molecule has 0 unspecified atom stereocenters. The van der Waals surface area contributed by atoms with Crippen molar-refractivity contribution < 1.29 is 14.2 Å². The minimum atomic E-state index is -0.186. The Morgan fingerprint density at radius 3 is 2.14 bits per heavy atom. The zero-order valence-electron chi connectivity index (χ0n) is 21.5. The molecule has 4 rings (SSSR count). The standard InChI is InChI=1S/C29H31N3O4S/c1-5-19-6-10-23(11-7-19)30-29(37)32(17-20-8-12-24(34-2)13-9-20)18-22-14-21-15-26(35-3)27(36-4)16-25(21)31-28(22)33/h6-16H,5,17-18H2,1-4H3,(H,30,37)(H,31,33). The number of hydrogen-bond acceptors (Lipinski definition) is 5. The smallest absolute Gasteiger partial charge is 0.253 e. The molecule has 0 radical (unpaired) electrons. The highest BCUT2D eigenvalue weighted by molar-refractivity contribution is 7.80. The molecule has 0 amide bonds. The SMILES string of the molecule is CCc1ccc(NC(=S)N(Cc2ccc(OC)cc2)Cc2cc3cc(OC)c(OC)cc3[nH]c2=O)cc1. The van der Waals surface area contributed by atoms with Gasteiger partial charge in [-0.15, -0.1) is 0 Å². The molecule has 0 aliphatic heterocycles. The number of nitrogens with zero attached hydrogens (tertiary/aromatic N) is 1. The van der Waals surface area contributed by atoms with Crippen molar-refractivity contribution in [1.82, 2.24) is 9.88 Å². The first-order valence-corrected chi connectivity index (χ1v) is 12.4. The van der Waals surface area contributed by atoms with Crippen molar-refractivity contribution in [3.63, 3.8) is 0 Å². The van der Waals surface area contributed by atoms with Gasteiger partial charge in [0, 0.05) is 29.2 Å². The Morgan fingerprint density at radius 1 is 0.865 bits per heavy atom. The Morgan fingerprint density at radius 2 is 1.51 bits per heavy atom. The van der Waals surface area contributed by atoms with E-state index >= 15 is 0 Å². The van der Waals surface area contributed by atoms with Crippen LogP contribution in [0.25, 0.3) is 10.9 Å². The molecule has 2 N–H and O–H groups in total. The van der Waals surface area contributed by atoms with Gasteiger partial charge in [-0.25, -0.2) is 0 Å². The molecule has 4 aromatic rings. The lowest BCUT2D eigenvalue weighted by Gasteiger charge is -2.26. The predicted molar refractivity (Wildman–Crippen MR) is 152 cm³/mol. The van der Waals surface area contributed by atoms with Crippen LogP contribution in [0.15, 0.2) is 71.5 Å². The second kappa shape index (κ2) is 11.8. The summed E-state index contributed by atoms with van der Waals surface area (Å²) in [6.07, 6.45) is 0.968. The lowest BCUT2D eigenvalue weighted by molar-refractivity contribution is 0.355. The van der Waals surface area contributed by atoms with Crippen LogP contribution in [-0.4, -0.2) is 36.3 Å². The number of methoxy groups -OCH3 is 3. The summed E-state index contributed by atoms with van der Waals surface area (Å²) in [6.45, 7) is 2.94. The molecule has 0 saturated heterocycles. The quantitative estimate of drug-likeness (QED) is 0.283. The van der Waals surface area contributed by atoms with E-state index in [9.17, 15) is 4.79 Å². The van der Waals surface area contributed by atoms with Gasteiger partial charge in [0.2, 0.25) is 0 Å². The average Bonchev–Trinajstić information content (AvgIpc) is 2.93. The summed E-state index contributed by atoms with van der Waals surface area (Å²) in [5, 5.41) is 4.69. The average molecular weight is 518 g/mol. The summed E-state index contributed by atoms with van der Waals surface area (Å²) in [7, 11) is 4.79. The maximum atomic E-state index is 13.1. The van der Waals surface area contributed by atoms with Gasteiger partial charge in [0.15, 0.2) is 16.6 Å². The number of anilines is 1. The maximum absolute atomic E-state index is 13.1. The van der Waals surface area contributed by atoms with Crippen LogP contribution in [0.2, 0.25) is 0 Å². The number of ether oxygens (including phenoxy) is 3. The Hall–Kier alpha value is -4.04. The van der Waals surface area contributed by atoms with Crippen LogP contribution < -0.4 is 25.1 Å². The van der Waals surface area contributed by atoms with Crippen molar-refractivity contribution in [3.05, 3.63) is 93.8 Å². The maximum Gasteiger partial charge on any atom is 0.253 e. The molecular formula is C29H31N3O4S. The monoisotopic (exact) mass is 517 g/mol. The zero-order valence-corrected chi connectivity index (χ0v) is 22.3. The van der Waals surface area contributed by atoms with Gasteiger partial charge in [0.1, 0.15) is 5.75 Å². The highest BCUT2D eigenvalue weighted by Crippen LogP contribution is 2.31. The largest absolute Gasteiger partial charge is 0.497 e. The molecule has 3 aromatic carbocycles. The van der Waals surface area contributed by atoms with Crippen molar-refractivity contribution in [2.75, 3.05) is 26.6 Å². The van der Waals surface area contributed by atoms with E-state index in [1.54, 1.807) is 27.4 Å². The number of benzene rings is 3. The van der Waals surface area contributed by atoms with Gasteiger partial charge in [0.05, 0.1) is 33.4 Å². The Balaban J connectivity index is 1.66. The van der Waals surface area contributed by atoms with E-state index < -0.39 is 0 Å². The van der Waals surface area contributed by atoms with Crippen LogP contribution in [0.1, 0.15) is 23.6 Å². The molecule has 0 fully saturated rings. The van der Waals surface area contributed by atoms with E-state index in [4.69, 9.17) is 26.4 Å². The molecule has 0 spiro atoms. The molecule has 0 saturated carbocycles. The summed E-state index contributed by atoms with van der Waals surface area (Å²) in [6, 6.07) is 21.5. The third-order valence-corrected chi connectivity index (χ3v) is 6.58. The van der Waals surface area contributed by atoms with Gasteiger partial charge < -0.3 is 29.4 Å². The molecule has 0 atom stereocenters. The topological polar surface area (TPSA) is 75.8 Å². The summed E-state index contributed by atoms with van der Waals surface area (Å²) in [5.74, 6) is 1.93. The second-order valence-electron chi connectivity index (χ2n) is 8.60. The first kappa shape index (κ1) is 26.0. The van der Waals surface area contributed by atoms with E-state index in [0.717, 1.165) is 28.8 Å². The molecule has 7 nitrogen and oxygen atoms in total. The van der Waals surface area contributed by atoms with Crippen molar-refractivity contribution in [1.29, 1.82) is 0 Å². The number of aromatic amines is 1. The van der Waals surface area contributed by atoms with E-state index in [2.05, 4.69) is 29.4 Å². The normalized spacial score (nSPS) is 10.7. The van der Waals surface area contributed by atoms with E-state index in [-0.39, 0.29) is 5.56 Å². The number of hydrogen-bond donors (Lipinski definition) is 2. The van der Waals surface area contributed by atoms with Gasteiger partial charge in [-0.2, -0.15) is 0 Å². The molecule has 1 aromatic heterocycles. The summed E-state index contributed by atoms with van der Waals surface area (Å²) in [4.78, 5) is 18.0. The molecule has 1 heterocycles. The fourth-order valence-corrected chi connectivity index (χ4v) is 4.33. The van der Waals surface area contributed by atoms with Crippen LogP contribution in [-0.2, 0) is 19.5 Å². The zero-order chi connectivity index (χ0) is 26.4. The van der Waals surface area contributed by atoms with Crippen LogP contribution in [0.3, 0.4) is 0 Å². The first-order valence-electron chi connectivity index (χ1n) is 12.0. The minimum Gasteiger partial charge on any atom is -0.497 e. The van der Waals surface area contributed by atoms with Gasteiger partial charge in [-0.05, 0) is 66.2 Å². The lowest BCUT2D eigenvalue weighted by atomic mass is 10.1. The van der Waals surface area contributed by atoms with E-state index in [0.29, 0.717) is 40.8 Å². The molecule has 0 bridgehead atoms. The van der Waals surface area contributed by atoms with Crippen LogP contribution in [0.4, 0.5) is 5.69 Å². The summed E-state index contributed by atoms with van der Waals surface area (Å²) >= 11 is 5.82. The third kappa shape index (κ3) is 6.21. The van der Waals surface area contributed by atoms with Crippen LogP contribution >= 0.6 is 12.2 Å². The third-order valence-electron chi connectivity index (χ3n) is 6.22. The number of aromatic nitrogens is 1. The summed E-state index contributed by atoms with van der Waals surface area (Å²) < 4.78 is 16.1. The molecule has 0 aliphatic rings. The van der Waals surface area contributed by atoms with E-state index in [1.807, 2.05) is 53.4 Å². The van der Waals surface area contributed by atoms with Gasteiger partial charge >= 0.3 is 0 Å². The number of rotatable bonds is 9. The number of H-pyrrole nitrogens is 1. The number of aryl methyl sites for hydroxylation is 1. The van der Waals surface area contributed by atoms with Gasteiger partial charge in [-0.1, -0.05) is 31.2 Å². The van der Waals surface area contributed by atoms with Crippen molar-refractivity contribution in [2.24, 2.45) is 0 Å². The molecule has 37 heavy (non-hydrogen) atoms. The molecule has 8 heteroatoms. The fraction of sp³-hybridized carbons (Fsp3) is 0.241. The lowest BCUT2D eigenvalue weighted by Crippen LogP contribution is -2.35. The molecular weight excluding hydrogens is 486 g/mol. The van der Waals surface area contributed by atoms with Gasteiger partial charge in [0.25, 0.3) is 5.56 Å². The van der Waals surface area contributed by atoms with Crippen LogP contribution in [0.5, 0.6) is 17.2 Å². The number of pyridine rings is 1.